The van der Waals surface area contributed by atoms with Crippen molar-refractivity contribution in [1.29, 1.82) is 0 Å². The van der Waals surface area contributed by atoms with Crippen LogP contribution in [0.3, 0.4) is 0 Å². The number of hydrogen-bond donors (Lipinski definition) is 0. The standard InChI is InChI=1S/C6H11N2/c1-8(2)5-3-4-7-6-8/h3-5H,6H2,1-2H3/q+1. The molecule has 0 bridgehead atoms. The molecule has 0 saturated heterocycles. The molecular weight excluding hydrogens is 100 g/mol. The summed E-state index contributed by atoms with van der Waals surface area (Å²) in [7, 11) is 4.24. The first kappa shape index (κ1) is 5.51. The molecule has 0 amide bonds. The van der Waals surface area contributed by atoms with E-state index < -0.39 is 0 Å². The zero-order valence-corrected chi connectivity index (χ0v) is 5.33. The predicted molar refractivity (Wildman–Crippen MR) is 34.6 cm³/mol. The zero-order chi connectivity index (χ0) is 6.04. The maximum absolute atomic E-state index is 4.09. The summed E-state index contributed by atoms with van der Waals surface area (Å²) in [5, 5.41) is 0. The van der Waals surface area contributed by atoms with Crippen LogP contribution in [0.5, 0.6) is 0 Å². The van der Waals surface area contributed by atoms with E-state index in [1.165, 1.54) is 0 Å². The number of aliphatic imine (C=N–C) groups is 1. The molecule has 0 aromatic carbocycles. The van der Waals surface area contributed by atoms with Gasteiger partial charge >= 0.3 is 0 Å². The first-order chi connectivity index (χ1) is 3.71. The largest absolute Gasteiger partial charge is 0.284 e. The Labute approximate surface area is 49.7 Å². The molecule has 0 aromatic rings. The van der Waals surface area contributed by atoms with Gasteiger partial charge in [-0.3, -0.25) is 4.48 Å². The van der Waals surface area contributed by atoms with Gasteiger partial charge in [-0.05, 0) is 0 Å². The van der Waals surface area contributed by atoms with Crippen LogP contribution in [-0.2, 0) is 0 Å². The Morgan fingerprint density at radius 2 is 2.25 bits per heavy atom. The van der Waals surface area contributed by atoms with E-state index in [0.29, 0.717) is 0 Å². The Morgan fingerprint density at radius 3 is 2.50 bits per heavy atom. The van der Waals surface area contributed by atoms with Crippen LogP contribution in [0.4, 0.5) is 0 Å². The van der Waals surface area contributed by atoms with Gasteiger partial charge in [0, 0.05) is 12.3 Å². The van der Waals surface area contributed by atoms with Gasteiger partial charge in [0.25, 0.3) is 0 Å². The van der Waals surface area contributed by atoms with Crippen molar-refractivity contribution in [3.63, 3.8) is 0 Å². The lowest BCUT2D eigenvalue weighted by Gasteiger charge is -2.23. The van der Waals surface area contributed by atoms with E-state index in [-0.39, 0.29) is 0 Å². The minimum absolute atomic E-state index is 0.872. The highest BCUT2D eigenvalue weighted by atomic mass is 15.3. The second kappa shape index (κ2) is 1.71. The highest BCUT2D eigenvalue weighted by molar-refractivity contribution is 5.70. The van der Waals surface area contributed by atoms with Crippen LogP contribution in [0.1, 0.15) is 0 Å². The first-order valence-corrected chi connectivity index (χ1v) is 2.71. The molecule has 0 N–H and O–H groups in total. The monoisotopic (exact) mass is 111 g/mol. The third-order valence-electron chi connectivity index (χ3n) is 1.13. The van der Waals surface area contributed by atoms with E-state index in [1.807, 2.05) is 12.3 Å². The van der Waals surface area contributed by atoms with Gasteiger partial charge in [-0.15, -0.1) is 0 Å². The van der Waals surface area contributed by atoms with E-state index in [1.54, 1.807) is 0 Å². The fourth-order valence-corrected chi connectivity index (χ4v) is 0.637. The lowest BCUT2D eigenvalue weighted by molar-refractivity contribution is -0.838. The van der Waals surface area contributed by atoms with Crippen LogP contribution in [-0.4, -0.2) is 31.5 Å². The van der Waals surface area contributed by atoms with E-state index in [9.17, 15) is 0 Å². The minimum atomic E-state index is 0.872. The van der Waals surface area contributed by atoms with Crippen molar-refractivity contribution in [2.24, 2.45) is 4.99 Å². The van der Waals surface area contributed by atoms with Gasteiger partial charge in [-0.2, -0.15) is 0 Å². The van der Waals surface area contributed by atoms with Gasteiger partial charge in [0.1, 0.15) is 0 Å². The Bertz CT molecular complexity index is 133. The number of allylic oxidation sites excluding steroid dienone is 1. The normalized spacial score (nSPS) is 23.8. The van der Waals surface area contributed by atoms with E-state index in [0.717, 1.165) is 11.2 Å². The second-order valence-corrected chi connectivity index (χ2v) is 2.59. The van der Waals surface area contributed by atoms with Crippen LogP contribution in [0.25, 0.3) is 0 Å². The molecule has 0 radical (unpaired) electrons. The van der Waals surface area contributed by atoms with E-state index in [4.69, 9.17) is 0 Å². The average molecular weight is 111 g/mol. The van der Waals surface area contributed by atoms with Crippen molar-refractivity contribution in [3.05, 3.63) is 12.3 Å². The van der Waals surface area contributed by atoms with Crippen molar-refractivity contribution < 1.29 is 4.48 Å². The lowest BCUT2D eigenvalue weighted by atomic mass is 10.5. The van der Waals surface area contributed by atoms with Gasteiger partial charge in [-0.1, -0.05) is 0 Å². The third kappa shape index (κ3) is 1.17. The number of hydrogen-bond acceptors (Lipinski definition) is 1. The molecule has 1 aliphatic rings. The molecule has 0 atom stereocenters. The van der Waals surface area contributed by atoms with Gasteiger partial charge in [0.15, 0.2) is 6.67 Å². The highest BCUT2D eigenvalue weighted by Crippen LogP contribution is 2.00. The first-order valence-electron chi connectivity index (χ1n) is 2.71. The Morgan fingerprint density at radius 1 is 1.50 bits per heavy atom. The molecule has 2 heteroatoms. The Hall–Kier alpha value is -0.630. The summed E-state index contributed by atoms with van der Waals surface area (Å²) in [6.07, 6.45) is 5.93. The minimum Gasteiger partial charge on any atom is -0.284 e. The summed E-state index contributed by atoms with van der Waals surface area (Å²) in [4.78, 5) is 4.09. The van der Waals surface area contributed by atoms with Crippen LogP contribution >= 0.6 is 0 Å². The van der Waals surface area contributed by atoms with Gasteiger partial charge in [0.05, 0.1) is 20.3 Å². The average Bonchev–Trinajstić information content (AvgIpc) is 1.65. The highest BCUT2D eigenvalue weighted by Gasteiger charge is 2.09. The second-order valence-electron chi connectivity index (χ2n) is 2.59. The van der Waals surface area contributed by atoms with Crippen LogP contribution in [0, 0.1) is 0 Å². The molecule has 1 rings (SSSR count). The van der Waals surface area contributed by atoms with Crippen LogP contribution in [0.2, 0.25) is 0 Å². The molecule has 1 aliphatic heterocycles. The fourth-order valence-electron chi connectivity index (χ4n) is 0.637. The predicted octanol–water partition coefficient (Wildman–Crippen LogP) is 0.618. The summed E-state index contributed by atoms with van der Waals surface area (Å²) in [6, 6.07) is 0. The molecule has 0 aliphatic carbocycles. The van der Waals surface area contributed by atoms with Crippen molar-refractivity contribution in [2.75, 3.05) is 20.8 Å². The summed E-state index contributed by atoms with van der Waals surface area (Å²) >= 11 is 0. The lowest BCUT2D eigenvalue weighted by Crippen LogP contribution is -2.34. The molecule has 0 unspecified atom stereocenters. The van der Waals surface area contributed by atoms with Crippen molar-refractivity contribution in [2.45, 2.75) is 0 Å². The molecule has 0 fully saturated rings. The van der Waals surface area contributed by atoms with Gasteiger partial charge in [0.2, 0.25) is 0 Å². The van der Waals surface area contributed by atoms with Crippen molar-refractivity contribution in [3.8, 4) is 0 Å². The molecule has 0 spiro atoms. The maximum Gasteiger partial charge on any atom is 0.176 e. The van der Waals surface area contributed by atoms with E-state index in [2.05, 4.69) is 25.3 Å². The van der Waals surface area contributed by atoms with Crippen LogP contribution in [0.15, 0.2) is 17.3 Å². The maximum atomic E-state index is 4.09. The third-order valence-corrected chi connectivity index (χ3v) is 1.13. The van der Waals surface area contributed by atoms with Gasteiger partial charge < -0.3 is 0 Å². The molecule has 8 heavy (non-hydrogen) atoms. The quantitative estimate of drug-likeness (QED) is 0.406. The number of nitrogens with zero attached hydrogens (tertiary/aromatic N) is 2. The summed E-state index contributed by atoms with van der Waals surface area (Å²) < 4.78 is 0.872. The topological polar surface area (TPSA) is 12.4 Å². The zero-order valence-electron chi connectivity index (χ0n) is 5.33. The smallest absolute Gasteiger partial charge is 0.176 e. The van der Waals surface area contributed by atoms with E-state index >= 15 is 0 Å². The van der Waals surface area contributed by atoms with Gasteiger partial charge in [-0.25, -0.2) is 4.99 Å². The summed E-state index contributed by atoms with van der Waals surface area (Å²) in [5.41, 5.74) is 0. The number of quaternary nitrogens is 1. The molecule has 0 aromatic heterocycles. The molecule has 1 heterocycles. The molecule has 0 saturated carbocycles. The van der Waals surface area contributed by atoms with Crippen LogP contribution < -0.4 is 0 Å². The Kier molecular flexibility index (Phi) is 1.18. The molecule has 44 valence electrons. The molecule has 2 nitrogen and oxygen atoms in total. The van der Waals surface area contributed by atoms with Crippen molar-refractivity contribution >= 4 is 6.21 Å². The SMILES string of the molecule is C[N+]1(C)C=CC=NC1. The Balaban J connectivity index is 2.65. The summed E-state index contributed by atoms with van der Waals surface area (Å²) in [5.74, 6) is 0. The molecular formula is C6H11N2+. The fraction of sp³-hybridized carbons (Fsp3) is 0.500. The number of rotatable bonds is 0. The summed E-state index contributed by atoms with van der Waals surface area (Å²) in [6.45, 7) is 0.872. The van der Waals surface area contributed by atoms with Crippen molar-refractivity contribution in [1.82, 2.24) is 0 Å².